The number of sulfonamides is 1. The van der Waals surface area contributed by atoms with Gasteiger partial charge in [0.25, 0.3) is 0 Å². The molecule has 1 aromatic rings. The molecule has 116 valence electrons. The predicted octanol–water partition coefficient (Wildman–Crippen LogP) is 1.32. The lowest BCUT2D eigenvalue weighted by Crippen LogP contribution is -2.43. The third-order valence-electron chi connectivity index (χ3n) is 3.47. The Morgan fingerprint density at radius 2 is 2.19 bits per heavy atom. The van der Waals surface area contributed by atoms with Gasteiger partial charge in [0, 0.05) is 20.2 Å². The van der Waals surface area contributed by atoms with Crippen LogP contribution in [0.3, 0.4) is 0 Å². The minimum absolute atomic E-state index is 0.134. The molecule has 1 aliphatic rings. The molecule has 1 saturated heterocycles. The first-order chi connectivity index (χ1) is 9.86. The number of carboxylic acid groups (broad SMARTS) is 1. The molecule has 8 heteroatoms. The monoisotopic (exact) mass is 317 g/mol. The zero-order valence-corrected chi connectivity index (χ0v) is 12.3. The van der Waals surface area contributed by atoms with E-state index < -0.39 is 26.7 Å². The Hall–Kier alpha value is -1.51. The van der Waals surface area contributed by atoms with Crippen molar-refractivity contribution in [2.75, 3.05) is 20.2 Å². The van der Waals surface area contributed by atoms with Gasteiger partial charge < -0.3 is 9.84 Å². The van der Waals surface area contributed by atoms with Crippen LogP contribution in [0.2, 0.25) is 0 Å². The maximum absolute atomic E-state index is 13.8. The number of halogens is 1. The van der Waals surface area contributed by atoms with Crippen LogP contribution < -0.4 is 0 Å². The number of benzene rings is 1. The summed E-state index contributed by atoms with van der Waals surface area (Å²) in [6.07, 6.45) is 1.11. The second kappa shape index (κ2) is 6.08. The molecule has 1 heterocycles. The molecular formula is C13H16FNO5S. The molecule has 0 bridgehead atoms. The predicted molar refractivity (Wildman–Crippen MR) is 72.1 cm³/mol. The summed E-state index contributed by atoms with van der Waals surface area (Å²) in [6, 6.07) is 2.74. The first kappa shape index (κ1) is 15.9. The highest BCUT2D eigenvalue weighted by Crippen LogP contribution is 2.24. The largest absolute Gasteiger partial charge is 0.478 e. The van der Waals surface area contributed by atoms with Crippen LogP contribution in [0.5, 0.6) is 0 Å². The highest BCUT2D eigenvalue weighted by molar-refractivity contribution is 7.89. The molecule has 0 radical (unpaired) electrons. The SMILES string of the molecule is COC1CCCN(S(=O)(=O)c2cc(C(=O)O)ccc2F)C1. The van der Waals surface area contributed by atoms with Crippen LogP contribution in [0, 0.1) is 5.82 Å². The van der Waals surface area contributed by atoms with E-state index in [2.05, 4.69) is 0 Å². The van der Waals surface area contributed by atoms with Crippen molar-refractivity contribution in [2.24, 2.45) is 0 Å². The molecule has 21 heavy (non-hydrogen) atoms. The van der Waals surface area contributed by atoms with Gasteiger partial charge in [-0.05, 0) is 31.0 Å². The second-order valence-electron chi connectivity index (χ2n) is 4.81. The fraction of sp³-hybridized carbons (Fsp3) is 0.462. The Balaban J connectivity index is 2.39. The van der Waals surface area contributed by atoms with E-state index in [0.29, 0.717) is 6.42 Å². The summed E-state index contributed by atoms with van der Waals surface area (Å²) in [5, 5.41) is 8.91. The summed E-state index contributed by atoms with van der Waals surface area (Å²) >= 11 is 0. The molecule has 1 unspecified atom stereocenters. The molecule has 0 aliphatic carbocycles. The number of methoxy groups -OCH3 is 1. The number of aromatic carboxylic acids is 1. The van der Waals surface area contributed by atoms with E-state index >= 15 is 0 Å². The summed E-state index contributed by atoms with van der Waals surface area (Å²) in [6.45, 7) is 0.397. The van der Waals surface area contributed by atoms with E-state index in [1.54, 1.807) is 0 Å². The quantitative estimate of drug-likeness (QED) is 0.905. The second-order valence-corrected chi connectivity index (χ2v) is 6.72. The van der Waals surface area contributed by atoms with Crippen LogP contribution in [0.1, 0.15) is 23.2 Å². The molecule has 1 aliphatic heterocycles. The van der Waals surface area contributed by atoms with Gasteiger partial charge in [-0.3, -0.25) is 0 Å². The summed E-state index contributed by atoms with van der Waals surface area (Å²) in [5.41, 5.74) is -0.268. The number of nitrogens with zero attached hydrogens (tertiary/aromatic N) is 1. The normalized spacial score (nSPS) is 20.4. The minimum Gasteiger partial charge on any atom is -0.478 e. The highest BCUT2D eigenvalue weighted by Gasteiger charge is 2.32. The van der Waals surface area contributed by atoms with Crippen LogP contribution in [0.15, 0.2) is 23.1 Å². The van der Waals surface area contributed by atoms with Crippen molar-refractivity contribution in [3.05, 3.63) is 29.6 Å². The average molecular weight is 317 g/mol. The molecule has 1 fully saturated rings. The Kier molecular flexibility index (Phi) is 4.60. The van der Waals surface area contributed by atoms with Gasteiger partial charge in [0.05, 0.1) is 11.7 Å². The average Bonchev–Trinajstić information content (AvgIpc) is 2.47. The van der Waals surface area contributed by atoms with Gasteiger partial charge in [-0.1, -0.05) is 0 Å². The smallest absolute Gasteiger partial charge is 0.335 e. The van der Waals surface area contributed by atoms with Crippen molar-refractivity contribution in [3.8, 4) is 0 Å². The van der Waals surface area contributed by atoms with Crippen LogP contribution >= 0.6 is 0 Å². The number of ether oxygens (including phenoxy) is 1. The first-order valence-corrected chi connectivity index (χ1v) is 7.86. The fourth-order valence-corrected chi connectivity index (χ4v) is 3.89. The molecule has 6 nitrogen and oxygen atoms in total. The van der Waals surface area contributed by atoms with E-state index in [1.807, 2.05) is 0 Å². The topological polar surface area (TPSA) is 83.9 Å². The number of hydrogen-bond donors (Lipinski definition) is 1. The third-order valence-corrected chi connectivity index (χ3v) is 5.35. The lowest BCUT2D eigenvalue weighted by molar-refractivity contribution is 0.0571. The van der Waals surface area contributed by atoms with Gasteiger partial charge >= 0.3 is 5.97 Å². The van der Waals surface area contributed by atoms with E-state index in [1.165, 1.54) is 7.11 Å². The van der Waals surface area contributed by atoms with Gasteiger partial charge in [-0.25, -0.2) is 17.6 Å². The Labute approximate surface area is 122 Å². The molecule has 0 saturated carbocycles. The number of hydrogen-bond acceptors (Lipinski definition) is 4. The van der Waals surface area contributed by atoms with E-state index in [0.717, 1.165) is 28.9 Å². The Morgan fingerprint density at radius 1 is 1.48 bits per heavy atom. The van der Waals surface area contributed by atoms with Crippen LogP contribution in [0.25, 0.3) is 0 Å². The Bertz CT molecular complexity index is 646. The van der Waals surface area contributed by atoms with Crippen LogP contribution in [0.4, 0.5) is 4.39 Å². The van der Waals surface area contributed by atoms with Gasteiger partial charge in [-0.2, -0.15) is 4.31 Å². The van der Waals surface area contributed by atoms with Gasteiger partial charge in [0.15, 0.2) is 0 Å². The summed E-state index contributed by atoms with van der Waals surface area (Å²) < 4.78 is 45.1. The molecular weight excluding hydrogens is 301 g/mol. The van der Waals surface area contributed by atoms with Crippen LogP contribution in [-0.4, -0.2) is 50.1 Å². The zero-order chi connectivity index (χ0) is 15.6. The molecule has 0 amide bonds. The van der Waals surface area contributed by atoms with Crippen molar-refractivity contribution in [1.82, 2.24) is 4.31 Å². The van der Waals surface area contributed by atoms with Gasteiger partial charge in [-0.15, -0.1) is 0 Å². The van der Waals surface area contributed by atoms with Crippen molar-refractivity contribution in [1.29, 1.82) is 0 Å². The summed E-state index contributed by atoms with van der Waals surface area (Å²) in [7, 11) is -2.58. The van der Waals surface area contributed by atoms with Crippen molar-refractivity contribution in [3.63, 3.8) is 0 Å². The Morgan fingerprint density at radius 3 is 2.81 bits per heavy atom. The molecule has 0 aromatic heterocycles. The third kappa shape index (κ3) is 3.22. The lowest BCUT2D eigenvalue weighted by Gasteiger charge is -2.31. The molecule has 2 rings (SSSR count). The van der Waals surface area contributed by atoms with Gasteiger partial charge in [0.2, 0.25) is 10.0 Å². The number of rotatable bonds is 4. The number of carboxylic acids is 1. The molecule has 1 aromatic carbocycles. The summed E-state index contributed by atoms with van der Waals surface area (Å²) in [4.78, 5) is 10.3. The number of carbonyl (C=O) groups is 1. The minimum atomic E-state index is -4.08. The van der Waals surface area contributed by atoms with Crippen LogP contribution in [-0.2, 0) is 14.8 Å². The molecule has 1 atom stereocenters. The fourth-order valence-electron chi connectivity index (χ4n) is 2.29. The first-order valence-electron chi connectivity index (χ1n) is 6.42. The molecule has 1 N–H and O–H groups in total. The lowest BCUT2D eigenvalue weighted by atomic mass is 10.1. The maximum Gasteiger partial charge on any atom is 0.335 e. The van der Waals surface area contributed by atoms with Crippen molar-refractivity contribution >= 4 is 16.0 Å². The molecule has 0 spiro atoms. The summed E-state index contributed by atoms with van der Waals surface area (Å²) in [5.74, 6) is -2.26. The number of piperidine rings is 1. The standard InChI is InChI=1S/C13H16FNO5S/c1-20-10-3-2-6-15(8-10)21(18,19)12-7-9(13(16)17)4-5-11(12)14/h4-5,7,10H,2-3,6,8H2,1H3,(H,16,17). The van der Waals surface area contributed by atoms with Crippen molar-refractivity contribution < 1.29 is 27.4 Å². The maximum atomic E-state index is 13.8. The highest BCUT2D eigenvalue weighted by atomic mass is 32.2. The van der Waals surface area contributed by atoms with Gasteiger partial charge in [0.1, 0.15) is 10.7 Å². The van der Waals surface area contributed by atoms with Crippen molar-refractivity contribution in [2.45, 2.75) is 23.8 Å². The van der Waals surface area contributed by atoms with E-state index in [4.69, 9.17) is 9.84 Å². The van der Waals surface area contributed by atoms with E-state index in [9.17, 15) is 17.6 Å². The zero-order valence-electron chi connectivity index (χ0n) is 11.5. The van der Waals surface area contributed by atoms with E-state index in [-0.39, 0.29) is 24.8 Å².